The van der Waals surface area contributed by atoms with Crippen LogP contribution in [0.15, 0.2) is 59.2 Å². The molecule has 0 aliphatic rings. The fourth-order valence-corrected chi connectivity index (χ4v) is 3.71. The molecule has 0 saturated carbocycles. The van der Waals surface area contributed by atoms with Crippen molar-refractivity contribution >= 4 is 39.8 Å². The molecule has 0 spiro atoms. The predicted octanol–water partition coefficient (Wildman–Crippen LogP) is 3.96. The summed E-state index contributed by atoms with van der Waals surface area (Å²) >= 11 is 3.60. The molecule has 1 unspecified atom stereocenters. The van der Waals surface area contributed by atoms with Crippen molar-refractivity contribution in [3.8, 4) is 0 Å². The van der Waals surface area contributed by atoms with Gasteiger partial charge < -0.3 is 14.8 Å². The minimum atomic E-state index is -0.769. The lowest BCUT2D eigenvalue weighted by molar-refractivity contribution is 0.0950. The summed E-state index contributed by atoms with van der Waals surface area (Å²) < 4.78 is 6.13. The van der Waals surface area contributed by atoms with Crippen molar-refractivity contribution in [3.05, 3.63) is 79.4 Å². The van der Waals surface area contributed by atoms with Gasteiger partial charge in [-0.2, -0.15) is 0 Å². The summed E-state index contributed by atoms with van der Waals surface area (Å²) in [6.45, 7) is 0.430. The lowest BCUT2D eigenvalue weighted by atomic mass is 10.2. The van der Waals surface area contributed by atoms with Crippen LogP contribution in [-0.2, 0) is 6.54 Å². The first-order valence-electron chi connectivity index (χ1n) is 6.98. The lowest BCUT2D eigenvalue weighted by Crippen LogP contribution is -2.23. The molecule has 0 aliphatic heterocycles. The van der Waals surface area contributed by atoms with Crippen molar-refractivity contribution in [1.29, 1.82) is 0 Å². The molecule has 0 bridgehead atoms. The molecule has 2 N–H and O–H groups in total. The van der Waals surface area contributed by atoms with Gasteiger partial charge in [0.2, 0.25) is 0 Å². The highest BCUT2D eigenvalue weighted by atomic mass is 127. The van der Waals surface area contributed by atoms with Crippen LogP contribution in [-0.4, -0.2) is 11.0 Å². The highest BCUT2D eigenvalue weighted by Gasteiger charge is 2.16. The summed E-state index contributed by atoms with van der Waals surface area (Å²) in [6.07, 6.45) is 0.768. The molecule has 118 valence electrons. The van der Waals surface area contributed by atoms with E-state index in [9.17, 15) is 9.90 Å². The van der Waals surface area contributed by atoms with Crippen LogP contribution in [0, 0.1) is 3.57 Å². The van der Waals surface area contributed by atoms with Crippen molar-refractivity contribution in [3.63, 3.8) is 0 Å². The van der Waals surface area contributed by atoms with Gasteiger partial charge in [0.1, 0.15) is 11.9 Å². The van der Waals surface area contributed by atoms with Crippen LogP contribution in [0.4, 0.5) is 0 Å². The van der Waals surface area contributed by atoms with E-state index in [-0.39, 0.29) is 5.91 Å². The molecule has 1 amide bonds. The Morgan fingerprint density at radius 1 is 1.22 bits per heavy atom. The van der Waals surface area contributed by atoms with Gasteiger partial charge in [-0.3, -0.25) is 4.79 Å². The molecule has 1 aromatic carbocycles. The Morgan fingerprint density at radius 3 is 2.78 bits per heavy atom. The number of benzene rings is 1. The van der Waals surface area contributed by atoms with E-state index in [0.29, 0.717) is 17.9 Å². The van der Waals surface area contributed by atoms with E-state index in [1.807, 2.05) is 30.3 Å². The average Bonchev–Trinajstić information content (AvgIpc) is 3.24. The van der Waals surface area contributed by atoms with Crippen LogP contribution in [0.3, 0.4) is 0 Å². The fraction of sp³-hybridized carbons (Fsp3) is 0.118. The first kappa shape index (κ1) is 16.2. The summed E-state index contributed by atoms with van der Waals surface area (Å²) in [6, 6.07) is 14.7. The third-order valence-corrected chi connectivity index (χ3v) is 5.38. The number of furan rings is 1. The Kier molecular flexibility index (Phi) is 5.14. The summed E-state index contributed by atoms with van der Waals surface area (Å²) in [5.74, 6) is 0.415. The van der Waals surface area contributed by atoms with Crippen molar-refractivity contribution in [2.24, 2.45) is 0 Å². The maximum Gasteiger partial charge on any atom is 0.252 e. The number of nitrogens with one attached hydrogen (secondary N) is 1. The molecule has 0 aliphatic carbocycles. The maximum atomic E-state index is 12.2. The monoisotopic (exact) mass is 439 g/mol. The van der Waals surface area contributed by atoms with Gasteiger partial charge in [-0.25, -0.2) is 0 Å². The number of rotatable bonds is 5. The van der Waals surface area contributed by atoms with E-state index in [4.69, 9.17) is 4.42 Å². The standard InChI is InChI=1S/C17H14INO3S/c18-13-5-2-1-4-12(13)17(21)19-10-11-7-8-15(23-11)16(20)14-6-3-9-22-14/h1-9,16,20H,10H2,(H,19,21). The Labute approximate surface area is 151 Å². The molecule has 6 heteroatoms. The number of aliphatic hydroxyl groups is 1. The van der Waals surface area contributed by atoms with Gasteiger partial charge in [0.15, 0.2) is 0 Å². The third kappa shape index (κ3) is 3.82. The molecule has 2 heterocycles. The zero-order chi connectivity index (χ0) is 16.2. The minimum Gasteiger partial charge on any atom is -0.466 e. The number of hydrogen-bond donors (Lipinski definition) is 2. The molecular formula is C17H14INO3S. The summed E-state index contributed by atoms with van der Waals surface area (Å²) in [4.78, 5) is 14.0. The van der Waals surface area contributed by atoms with E-state index in [2.05, 4.69) is 27.9 Å². The minimum absolute atomic E-state index is 0.100. The number of thiophene rings is 1. The van der Waals surface area contributed by atoms with Crippen LogP contribution in [0.25, 0.3) is 0 Å². The number of carbonyl (C=O) groups excluding carboxylic acids is 1. The van der Waals surface area contributed by atoms with Crippen molar-refractivity contribution in [2.75, 3.05) is 0 Å². The average molecular weight is 439 g/mol. The molecular weight excluding hydrogens is 425 g/mol. The maximum absolute atomic E-state index is 12.2. The highest BCUT2D eigenvalue weighted by molar-refractivity contribution is 14.1. The Bertz CT molecular complexity index is 798. The molecule has 23 heavy (non-hydrogen) atoms. The molecule has 0 fully saturated rings. The zero-order valence-electron chi connectivity index (χ0n) is 12.0. The number of carbonyl (C=O) groups is 1. The number of aliphatic hydroxyl groups excluding tert-OH is 1. The normalized spacial score (nSPS) is 12.1. The van der Waals surface area contributed by atoms with Gasteiger partial charge in [-0.05, 0) is 59.0 Å². The van der Waals surface area contributed by atoms with Crippen LogP contribution in [0.1, 0.15) is 32.0 Å². The van der Waals surface area contributed by atoms with Crippen molar-refractivity contribution < 1.29 is 14.3 Å². The first-order chi connectivity index (χ1) is 11.1. The molecule has 3 aromatic rings. The number of amides is 1. The van der Waals surface area contributed by atoms with E-state index >= 15 is 0 Å². The van der Waals surface area contributed by atoms with Gasteiger partial charge in [0, 0.05) is 13.3 Å². The SMILES string of the molecule is O=C(NCc1ccc(C(O)c2ccco2)s1)c1ccccc1I. The second-order valence-electron chi connectivity index (χ2n) is 4.88. The fourth-order valence-electron chi connectivity index (χ4n) is 2.13. The Morgan fingerprint density at radius 2 is 2.04 bits per heavy atom. The molecule has 0 radical (unpaired) electrons. The van der Waals surface area contributed by atoms with Gasteiger partial charge in [-0.15, -0.1) is 11.3 Å². The van der Waals surface area contributed by atoms with E-state index in [0.717, 1.165) is 13.3 Å². The smallest absolute Gasteiger partial charge is 0.252 e. The van der Waals surface area contributed by atoms with Gasteiger partial charge in [0.05, 0.1) is 18.4 Å². The quantitative estimate of drug-likeness (QED) is 0.592. The number of hydrogen-bond acceptors (Lipinski definition) is 4. The highest BCUT2D eigenvalue weighted by Crippen LogP contribution is 2.28. The van der Waals surface area contributed by atoms with Crippen LogP contribution in [0.5, 0.6) is 0 Å². The molecule has 2 aromatic heterocycles. The molecule has 4 nitrogen and oxygen atoms in total. The van der Waals surface area contributed by atoms with Gasteiger partial charge >= 0.3 is 0 Å². The summed E-state index contributed by atoms with van der Waals surface area (Å²) in [5, 5.41) is 13.1. The largest absolute Gasteiger partial charge is 0.466 e. The predicted molar refractivity (Wildman–Crippen MR) is 97.4 cm³/mol. The second-order valence-corrected chi connectivity index (χ2v) is 7.25. The first-order valence-corrected chi connectivity index (χ1v) is 8.87. The van der Waals surface area contributed by atoms with E-state index < -0.39 is 6.10 Å². The zero-order valence-corrected chi connectivity index (χ0v) is 15.0. The summed E-state index contributed by atoms with van der Waals surface area (Å²) in [7, 11) is 0. The molecule has 1 atom stereocenters. The lowest BCUT2D eigenvalue weighted by Gasteiger charge is -2.06. The van der Waals surface area contributed by atoms with Crippen molar-refractivity contribution in [2.45, 2.75) is 12.6 Å². The second kappa shape index (κ2) is 7.29. The molecule has 3 rings (SSSR count). The topological polar surface area (TPSA) is 62.5 Å². The van der Waals surface area contributed by atoms with Gasteiger partial charge in [0.25, 0.3) is 5.91 Å². The molecule has 0 saturated heterocycles. The van der Waals surface area contributed by atoms with Gasteiger partial charge in [-0.1, -0.05) is 12.1 Å². The third-order valence-electron chi connectivity index (χ3n) is 3.31. The van der Waals surface area contributed by atoms with Crippen LogP contribution >= 0.6 is 33.9 Å². The summed E-state index contributed by atoms with van der Waals surface area (Å²) in [5.41, 5.74) is 0.667. The van der Waals surface area contributed by atoms with Crippen LogP contribution < -0.4 is 5.32 Å². The Hall–Kier alpha value is -1.64. The Balaban J connectivity index is 1.64. The number of halogens is 1. The van der Waals surface area contributed by atoms with Crippen LogP contribution in [0.2, 0.25) is 0 Å². The van der Waals surface area contributed by atoms with Crippen molar-refractivity contribution in [1.82, 2.24) is 5.32 Å². The van der Waals surface area contributed by atoms with E-state index in [1.165, 1.54) is 17.6 Å². The van der Waals surface area contributed by atoms with E-state index in [1.54, 1.807) is 18.2 Å².